The standard InChI is InChI=1S/C16H19ClO5/c1-3-21-15(19)11-7-8-12(14(18)6-5-9-17)13(10-11)16(20)22-4-2/h7-8,10H,3-6,9H2,1-2H3. The van der Waals surface area contributed by atoms with Crippen molar-refractivity contribution in [2.45, 2.75) is 26.7 Å². The molecule has 120 valence electrons. The minimum Gasteiger partial charge on any atom is -0.462 e. The molecule has 0 aliphatic carbocycles. The first-order chi connectivity index (χ1) is 10.5. The van der Waals surface area contributed by atoms with Crippen LogP contribution in [0.1, 0.15) is 57.8 Å². The highest BCUT2D eigenvalue weighted by Gasteiger charge is 2.20. The molecule has 1 rings (SSSR count). The van der Waals surface area contributed by atoms with Gasteiger partial charge in [0.1, 0.15) is 0 Å². The summed E-state index contributed by atoms with van der Waals surface area (Å²) in [6, 6.07) is 4.26. The number of Topliss-reactive ketones (excluding diaryl/α,β-unsaturated/α-hetero) is 1. The Morgan fingerprint density at radius 1 is 1.00 bits per heavy atom. The van der Waals surface area contributed by atoms with Crippen molar-refractivity contribution in [3.05, 3.63) is 34.9 Å². The molecule has 0 bridgehead atoms. The molecule has 6 heteroatoms. The molecule has 0 aromatic heterocycles. The Balaban J connectivity index is 3.17. The summed E-state index contributed by atoms with van der Waals surface area (Å²) in [5, 5.41) is 0. The van der Waals surface area contributed by atoms with Crippen LogP contribution in [-0.4, -0.2) is 36.8 Å². The minimum absolute atomic E-state index is 0.0759. The lowest BCUT2D eigenvalue weighted by Crippen LogP contribution is -2.14. The highest BCUT2D eigenvalue weighted by Crippen LogP contribution is 2.17. The first kappa shape index (κ1) is 18.2. The lowest BCUT2D eigenvalue weighted by molar-refractivity contribution is 0.0522. The van der Waals surface area contributed by atoms with Gasteiger partial charge in [0.25, 0.3) is 0 Å². The van der Waals surface area contributed by atoms with E-state index in [0.717, 1.165) is 0 Å². The quantitative estimate of drug-likeness (QED) is 0.416. The molecule has 1 aromatic carbocycles. The molecule has 0 atom stereocenters. The predicted octanol–water partition coefficient (Wildman–Crippen LogP) is 3.24. The van der Waals surface area contributed by atoms with Crippen LogP contribution in [-0.2, 0) is 9.47 Å². The summed E-state index contributed by atoms with van der Waals surface area (Å²) in [6.45, 7) is 3.76. The Hall–Kier alpha value is -1.88. The number of halogens is 1. The Morgan fingerprint density at radius 3 is 2.23 bits per heavy atom. The van der Waals surface area contributed by atoms with Crippen LogP contribution in [0, 0.1) is 0 Å². The van der Waals surface area contributed by atoms with Gasteiger partial charge in [0.2, 0.25) is 0 Å². The SMILES string of the molecule is CCOC(=O)c1ccc(C(=O)CCCCl)c(C(=O)OCC)c1. The van der Waals surface area contributed by atoms with Gasteiger partial charge in [-0.05, 0) is 38.5 Å². The van der Waals surface area contributed by atoms with E-state index in [1.807, 2.05) is 0 Å². The molecule has 1 aromatic rings. The summed E-state index contributed by atoms with van der Waals surface area (Å²) in [5.74, 6) is -1.03. The van der Waals surface area contributed by atoms with E-state index in [1.54, 1.807) is 13.8 Å². The summed E-state index contributed by atoms with van der Waals surface area (Å²) in [7, 11) is 0. The number of rotatable bonds is 8. The zero-order chi connectivity index (χ0) is 16.5. The summed E-state index contributed by atoms with van der Waals surface area (Å²) >= 11 is 5.58. The molecular formula is C16H19ClO5. The van der Waals surface area contributed by atoms with Crippen LogP contribution in [0.25, 0.3) is 0 Å². The molecule has 0 spiro atoms. The van der Waals surface area contributed by atoms with E-state index in [-0.39, 0.29) is 42.1 Å². The van der Waals surface area contributed by atoms with E-state index >= 15 is 0 Å². The molecule has 0 saturated carbocycles. The van der Waals surface area contributed by atoms with E-state index in [1.165, 1.54) is 18.2 Å². The van der Waals surface area contributed by atoms with Gasteiger partial charge in [-0.1, -0.05) is 0 Å². The minimum atomic E-state index is -0.636. The van der Waals surface area contributed by atoms with E-state index in [9.17, 15) is 14.4 Å². The zero-order valence-corrected chi connectivity index (χ0v) is 13.4. The first-order valence-electron chi connectivity index (χ1n) is 7.12. The van der Waals surface area contributed by atoms with Crippen LogP contribution in [0.5, 0.6) is 0 Å². The third-order valence-electron chi connectivity index (χ3n) is 2.86. The normalized spacial score (nSPS) is 10.1. The van der Waals surface area contributed by atoms with Gasteiger partial charge in [-0.2, -0.15) is 0 Å². The average Bonchev–Trinajstić information content (AvgIpc) is 2.52. The van der Waals surface area contributed by atoms with E-state index < -0.39 is 11.9 Å². The van der Waals surface area contributed by atoms with E-state index in [2.05, 4.69) is 0 Å². The number of esters is 2. The van der Waals surface area contributed by atoms with Gasteiger partial charge in [-0.25, -0.2) is 9.59 Å². The van der Waals surface area contributed by atoms with Crippen molar-refractivity contribution in [1.29, 1.82) is 0 Å². The van der Waals surface area contributed by atoms with Crippen LogP contribution >= 0.6 is 11.6 Å². The highest BCUT2D eigenvalue weighted by molar-refractivity contribution is 6.18. The van der Waals surface area contributed by atoms with Crippen molar-refractivity contribution in [1.82, 2.24) is 0 Å². The van der Waals surface area contributed by atoms with Crippen molar-refractivity contribution < 1.29 is 23.9 Å². The Morgan fingerprint density at radius 2 is 1.64 bits per heavy atom. The number of hydrogen-bond donors (Lipinski definition) is 0. The third-order valence-corrected chi connectivity index (χ3v) is 3.13. The van der Waals surface area contributed by atoms with Crippen molar-refractivity contribution in [3.63, 3.8) is 0 Å². The van der Waals surface area contributed by atoms with Crippen LogP contribution in [0.15, 0.2) is 18.2 Å². The highest BCUT2D eigenvalue weighted by atomic mass is 35.5. The van der Waals surface area contributed by atoms with Gasteiger partial charge < -0.3 is 9.47 Å². The van der Waals surface area contributed by atoms with E-state index in [0.29, 0.717) is 12.3 Å². The number of hydrogen-bond acceptors (Lipinski definition) is 5. The topological polar surface area (TPSA) is 69.7 Å². The van der Waals surface area contributed by atoms with Crippen molar-refractivity contribution in [2.24, 2.45) is 0 Å². The lowest BCUT2D eigenvalue weighted by Gasteiger charge is -2.10. The number of benzene rings is 1. The van der Waals surface area contributed by atoms with Gasteiger partial charge in [-0.3, -0.25) is 4.79 Å². The van der Waals surface area contributed by atoms with Gasteiger partial charge in [0.05, 0.1) is 24.3 Å². The summed E-state index contributed by atoms with van der Waals surface area (Å²) in [6.07, 6.45) is 0.747. The summed E-state index contributed by atoms with van der Waals surface area (Å²) in [5.41, 5.74) is 0.516. The van der Waals surface area contributed by atoms with Gasteiger partial charge in [0, 0.05) is 17.9 Å². The van der Waals surface area contributed by atoms with Crippen LogP contribution in [0.3, 0.4) is 0 Å². The summed E-state index contributed by atoms with van der Waals surface area (Å²) < 4.78 is 9.84. The maximum atomic E-state index is 12.2. The molecule has 5 nitrogen and oxygen atoms in total. The molecule has 0 aliphatic rings. The first-order valence-corrected chi connectivity index (χ1v) is 7.66. The molecular weight excluding hydrogens is 308 g/mol. The molecule has 0 fully saturated rings. The maximum Gasteiger partial charge on any atom is 0.338 e. The van der Waals surface area contributed by atoms with Crippen LogP contribution in [0.2, 0.25) is 0 Å². The predicted molar refractivity (Wildman–Crippen MR) is 82.6 cm³/mol. The van der Waals surface area contributed by atoms with E-state index in [4.69, 9.17) is 21.1 Å². The van der Waals surface area contributed by atoms with Crippen LogP contribution in [0.4, 0.5) is 0 Å². The lowest BCUT2D eigenvalue weighted by atomic mass is 9.98. The Kier molecular flexibility index (Phi) is 7.60. The summed E-state index contributed by atoms with van der Waals surface area (Å²) in [4.78, 5) is 35.9. The fourth-order valence-electron chi connectivity index (χ4n) is 1.87. The Bertz CT molecular complexity index is 553. The smallest absolute Gasteiger partial charge is 0.338 e. The fraction of sp³-hybridized carbons (Fsp3) is 0.438. The Labute approximate surface area is 134 Å². The molecule has 0 heterocycles. The number of ketones is 1. The molecule has 0 radical (unpaired) electrons. The van der Waals surface area contributed by atoms with Crippen LogP contribution < -0.4 is 0 Å². The molecule has 0 amide bonds. The zero-order valence-electron chi connectivity index (χ0n) is 12.7. The fourth-order valence-corrected chi connectivity index (χ4v) is 2.00. The maximum absolute atomic E-state index is 12.2. The van der Waals surface area contributed by atoms with Crippen molar-refractivity contribution in [2.75, 3.05) is 19.1 Å². The third kappa shape index (κ3) is 4.84. The largest absolute Gasteiger partial charge is 0.462 e. The molecule has 0 unspecified atom stereocenters. The monoisotopic (exact) mass is 326 g/mol. The molecule has 0 saturated heterocycles. The second-order valence-electron chi connectivity index (χ2n) is 4.42. The van der Waals surface area contributed by atoms with Gasteiger partial charge >= 0.3 is 11.9 Å². The second-order valence-corrected chi connectivity index (χ2v) is 4.79. The van der Waals surface area contributed by atoms with Crippen molar-refractivity contribution in [3.8, 4) is 0 Å². The van der Waals surface area contributed by atoms with Crippen molar-refractivity contribution >= 4 is 29.3 Å². The number of carbonyl (C=O) groups excluding carboxylic acids is 3. The number of carbonyl (C=O) groups is 3. The molecule has 0 N–H and O–H groups in total. The van der Waals surface area contributed by atoms with Gasteiger partial charge in [0.15, 0.2) is 5.78 Å². The van der Waals surface area contributed by atoms with Gasteiger partial charge in [-0.15, -0.1) is 11.6 Å². The molecule has 22 heavy (non-hydrogen) atoms. The molecule has 0 aliphatic heterocycles. The second kappa shape index (κ2) is 9.20. The number of ether oxygens (including phenoxy) is 2. The average molecular weight is 327 g/mol. The number of alkyl halides is 1.